The van der Waals surface area contributed by atoms with E-state index >= 15 is 0 Å². The van der Waals surface area contributed by atoms with Crippen molar-refractivity contribution in [3.05, 3.63) is 75.3 Å². The Morgan fingerprint density at radius 3 is 2.58 bits per heavy atom. The number of carbonyl (C=O) groups is 1. The van der Waals surface area contributed by atoms with Crippen LogP contribution in [0.15, 0.2) is 53.6 Å². The Labute approximate surface area is 140 Å². The molecule has 2 rings (SSSR count). The third kappa shape index (κ3) is 4.74. The summed E-state index contributed by atoms with van der Waals surface area (Å²) in [6.45, 7) is 3.46. The Morgan fingerprint density at radius 2 is 1.92 bits per heavy atom. The van der Waals surface area contributed by atoms with Gasteiger partial charge >= 0.3 is 0 Å². The zero-order valence-electron chi connectivity index (χ0n) is 13.7. The second-order valence-electron chi connectivity index (χ2n) is 5.53. The monoisotopic (exact) mass is 325 g/mol. The van der Waals surface area contributed by atoms with Gasteiger partial charge in [0.15, 0.2) is 0 Å². The molecule has 0 aliphatic rings. The normalized spacial score (nSPS) is 11.2. The number of rotatable bonds is 6. The van der Waals surface area contributed by atoms with Gasteiger partial charge in [-0.25, -0.2) is 5.43 Å². The molecular formula is C18H19N3O3. The third-order valence-corrected chi connectivity index (χ3v) is 3.63. The molecule has 0 radical (unpaired) electrons. The van der Waals surface area contributed by atoms with Crippen molar-refractivity contribution in [2.24, 2.45) is 5.10 Å². The van der Waals surface area contributed by atoms with E-state index in [1.165, 1.54) is 11.6 Å². The molecule has 0 unspecified atom stereocenters. The first-order valence-electron chi connectivity index (χ1n) is 7.60. The molecule has 124 valence electrons. The van der Waals surface area contributed by atoms with Crippen molar-refractivity contribution in [2.75, 3.05) is 0 Å². The average molecular weight is 325 g/mol. The minimum Gasteiger partial charge on any atom is -0.267 e. The fraction of sp³-hybridized carbons (Fsp3) is 0.222. The molecule has 0 spiro atoms. The van der Waals surface area contributed by atoms with Crippen molar-refractivity contribution < 1.29 is 9.72 Å². The Hall–Kier alpha value is -3.02. The molecule has 0 saturated carbocycles. The van der Waals surface area contributed by atoms with Gasteiger partial charge in [-0.05, 0) is 38.3 Å². The van der Waals surface area contributed by atoms with E-state index in [-0.39, 0.29) is 11.3 Å². The number of nitro benzene ring substituents is 1. The smallest absolute Gasteiger partial charge is 0.267 e. The van der Waals surface area contributed by atoms with E-state index < -0.39 is 10.8 Å². The Bertz CT molecular complexity index is 770. The molecule has 0 heterocycles. The van der Waals surface area contributed by atoms with E-state index in [2.05, 4.69) is 10.5 Å². The molecule has 6 heteroatoms. The highest BCUT2D eigenvalue weighted by Crippen LogP contribution is 2.19. The van der Waals surface area contributed by atoms with Crippen LogP contribution in [0.4, 0.5) is 5.69 Å². The van der Waals surface area contributed by atoms with Crippen LogP contribution in [0.25, 0.3) is 0 Å². The van der Waals surface area contributed by atoms with E-state index in [9.17, 15) is 14.9 Å². The second kappa shape index (κ2) is 8.01. The molecule has 2 aromatic rings. The van der Waals surface area contributed by atoms with Crippen LogP contribution < -0.4 is 5.43 Å². The predicted molar refractivity (Wildman–Crippen MR) is 93.2 cm³/mol. The van der Waals surface area contributed by atoms with Gasteiger partial charge in [-0.1, -0.05) is 36.4 Å². The zero-order chi connectivity index (χ0) is 17.5. The quantitative estimate of drug-likeness (QED) is 0.500. The zero-order valence-corrected chi connectivity index (χ0v) is 13.7. The van der Waals surface area contributed by atoms with Crippen molar-refractivity contribution in [3.63, 3.8) is 0 Å². The molecule has 0 bridgehead atoms. The van der Waals surface area contributed by atoms with Gasteiger partial charge in [-0.2, -0.15) is 5.10 Å². The lowest BCUT2D eigenvalue weighted by Crippen LogP contribution is -2.19. The average Bonchev–Trinajstić information content (AvgIpc) is 2.59. The highest BCUT2D eigenvalue weighted by molar-refractivity contribution is 5.96. The number of carbonyl (C=O) groups excluding carboxylic acids is 1. The summed E-state index contributed by atoms with van der Waals surface area (Å²) in [7, 11) is 0. The number of nitrogens with zero attached hydrogens (tertiary/aromatic N) is 2. The molecule has 6 nitrogen and oxygen atoms in total. The highest BCUT2D eigenvalue weighted by Gasteiger charge is 2.14. The standard InChI is InChI=1S/C18H19N3O3/c1-13-8-11-16(12-17(13)21(23)24)18(22)20-19-14(2)9-10-15-6-4-3-5-7-15/h3-8,11-12H,9-10H2,1-2H3,(H,20,22)/b19-14-. The van der Waals surface area contributed by atoms with Crippen LogP contribution in [0.1, 0.15) is 34.8 Å². The number of benzene rings is 2. The maximum Gasteiger partial charge on any atom is 0.273 e. The fourth-order valence-corrected chi connectivity index (χ4v) is 2.18. The summed E-state index contributed by atoms with van der Waals surface area (Å²) in [5.41, 5.74) is 5.09. The number of nitrogens with one attached hydrogen (secondary N) is 1. The van der Waals surface area contributed by atoms with Gasteiger partial charge in [-0.15, -0.1) is 0 Å². The van der Waals surface area contributed by atoms with E-state index in [0.29, 0.717) is 5.56 Å². The first-order chi connectivity index (χ1) is 11.5. The summed E-state index contributed by atoms with van der Waals surface area (Å²) >= 11 is 0. The topological polar surface area (TPSA) is 84.6 Å². The number of amides is 1. The van der Waals surface area contributed by atoms with Gasteiger partial charge in [0, 0.05) is 22.9 Å². The maximum absolute atomic E-state index is 12.1. The fourth-order valence-electron chi connectivity index (χ4n) is 2.18. The number of hydrazone groups is 1. The summed E-state index contributed by atoms with van der Waals surface area (Å²) in [5, 5.41) is 15.0. The first-order valence-corrected chi connectivity index (χ1v) is 7.60. The van der Waals surface area contributed by atoms with Crippen LogP contribution >= 0.6 is 0 Å². The summed E-state index contributed by atoms with van der Waals surface area (Å²) in [6.07, 6.45) is 1.56. The van der Waals surface area contributed by atoms with Gasteiger partial charge < -0.3 is 0 Å². The van der Waals surface area contributed by atoms with Gasteiger partial charge in [0.1, 0.15) is 0 Å². The van der Waals surface area contributed by atoms with Crippen molar-refractivity contribution in [3.8, 4) is 0 Å². The number of hydrogen-bond acceptors (Lipinski definition) is 4. The Balaban J connectivity index is 1.96. The Kier molecular flexibility index (Phi) is 5.78. The largest absolute Gasteiger partial charge is 0.273 e. The lowest BCUT2D eigenvalue weighted by Gasteiger charge is -2.04. The molecule has 0 aromatic heterocycles. The second-order valence-corrected chi connectivity index (χ2v) is 5.53. The van der Waals surface area contributed by atoms with Crippen molar-refractivity contribution in [2.45, 2.75) is 26.7 Å². The molecule has 0 fully saturated rings. The van der Waals surface area contributed by atoms with Crippen molar-refractivity contribution in [1.82, 2.24) is 5.43 Å². The van der Waals surface area contributed by atoms with E-state index in [1.54, 1.807) is 19.1 Å². The molecule has 0 aliphatic heterocycles. The summed E-state index contributed by atoms with van der Waals surface area (Å²) < 4.78 is 0. The lowest BCUT2D eigenvalue weighted by molar-refractivity contribution is -0.385. The molecule has 1 amide bonds. The third-order valence-electron chi connectivity index (χ3n) is 3.63. The maximum atomic E-state index is 12.1. The van der Waals surface area contributed by atoms with E-state index in [1.807, 2.05) is 37.3 Å². The van der Waals surface area contributed by atoms with Crippen LogP contribution in [0, 0.1) is 17.0 Å². The number of hydrogen-bond donors (Lipinski definition) is 1. The molecule has 0 saturated heterocycles. The van der Waals surface area contributed by atoms with Gasteiger partial charge in [0.25, 0.3) is 11.6 Å². The molecular weight excluding hydrogens is 306 g/mol. The number of nitro groups is 1. The Morgan fingerprint density at radius 1 is 1.21 bits per heavy atom. The van der Waals surface area contributed by atoms with Crippen LogP contribution in [0.3, 0.4) is 0 Å². The molecule has 0 atom stereocenters. The summed E-state index contributed by atoms with van der Waals surface area (Å²) in [5.74, 6) is -0.461. The number of aryl methyl sites for hydroxylation is 2. The minimum absolute atomic E-state index is 0.0765. The van der Waals surface area contributed by atoms with Gasteiger partial charge in [-0.3, -0.25) is 14.9 Å². The van der Waals surface area contributed by atoms with Crippen LogP contribution in [0.2, 0.25) is 0 Å². The SMILES string of the molecule is C/C(CCc1ccccc1)=N/NC(=O)c1ccc(C)c([N+](=O)[O-])c1. The molecule has 2 aromatic carbocycles. The summed E-state index contributed by atoms with van der Waals surface area (Å²) in [6, 6.07) is 14.4. The molecule has 24 heavy (non-hydrogen) atoms. The summed E-state index contributed by atoms with van der Waals surface area (Å²) in [4.78, 5) is 22.5. The first kappa shape index (κ1) is 17.3. The van der Waals surface area contributed by atoms with Crippen molar-refractivity contribution >= 4 is 17.3 Å². The van der Waals surface area contributed by atoms with Crippen LogP contribution in [0.5, 0.6) is 0 Å². The van der Waals surface area contributed by atoms with Gasteiger partial charge in [0.05, 0.1) is 4.92 Å². The highest BCUT2D eigenvalue weighted by atomic mass is 16.6. The van der Waals surface area contributed by atoms with E-state index in [4.69, 9.17) is 0 Å². The van der Waals surface area contributed by atoms with Crippen LogP contribution in [-0.2, 0) is 6.42 Å². The van der Waals surface area contributed by atoms with Crippen LogP contribution in [-0.4, -0.2) is 16.5 Å². The van der Waals surface area contributed by atoms with Crippen molar-refractivity contribution in [1.29, 1.82) is 0 Å². The molecule has 0 aliphatic carbocycles. The van der Waals surface area contributed by atoms with Gasteiger partial charge in [0.2, 0.25) is 0 Å². The lowest BCUT2D eigenvalue weighted by atomic mass is 10.1. The minimum atomic E-state index is -0.500. The molecule has 1 N–H and O–H groups in total. The van der Waals surface area contributed by atoms with E-state index in [0.717, 1.165) is 18.6 Å². The predicted octanol–water partition coefficient (Wildman–Crippen LogP) is 3.64.